The summed E-state index contributed by atoms with van der Waals surface area (Å²) in [5.74, 6) is 7.35. The van der Waals surface area contributed by atoms with Crippen LogP contribution in [-0.2, 0) is 19.1 Å². The Kier molecular flexibility index (Phi) is 18.4. The van der Waals surface area contributed by atoms with Crippen LogP contribution in [0.2, 0.25) is 0 Å². The number of carbonyl (C=O) groups excluding carboxylic acids is 2. The molecule has 62 heavy (non-hydrogen) atoms. The van der Waals surface area contributed by atoms with Gasteiger partial charge < -0.3 is 9.47 Å². The molecule has 0 aromatic rings. The van der Waals surface area contributed by atoms with E-state index >= 15 is 0 Å². The summed E-state index contributed by atoms with van der Waals surface area (Å²) in [5, 5.41) is 0. The van der Waals surface area contributed by atoms with Gasteiger partial charge in [0.15, 0.2) is 0 Å². The molecule has 6 nitrogen and oxygen atoms in total. The average molecular weight is 861 g/mol. The van der Waals surface area contributed by atoms with E-state index in [1.165, 1.54) is 218 Å². The van der Waals surface area contributed by atoms with E-state index in [2.05, 4.69) is 9.80 Å². The predicted molar refractivity (Wildman–Crippen MR) is 254 cm³/mol. The van der Waals surface area contributed by atoms with Crippen molar-refractivity contribution < 1.29 is 19.1 Å². The minimum Gasteiger partial charge on any atom is -0.469 e. The normalized spacial score (nSPS) is 38.5. The van der Waals surface area contributed by atoms with Crippen molar-refractivity contribution in [1.82, 2.24) is 9.80 Å². The number of hydrogen-bond donors (Lipinski definition) is 0. The molecule has 0 radical (unpaired) electrons. The Morgan fingerprint density at radius 3 is 0.790 bits per heavy atom. The van der Waals surface area contributed by atoms with Gasteiger partial charge in [-0.3, -0.25) is 19.4 Å². The molecule has 8 aliphatic rings. The van der Waals surface area contributed by atoms with Crippen LogP contribution < -0.4 is 0 Å². The summed E-state index contributed by atoms with van der Waals surface area (Å²) in [6, 6.07) is 4.77. The van der Waals surface area contributed by atoms with Gasteiger partial charge in [0.05, 0.1) is 14.2 Å². The minimum atomic E-state index is -0.0227. The zero-order valence-electron chi connectivity index (χ0n) is 40.5. The van der Waals surface area contributed by atoms with E-state index < -0.39 is 0 Å². The summed E-state index contributed by atoms with van der Waals surface area (Å²) in [6.07, 6.45) is 52.4. The van der Waals surface area contributed by atoms with Crippen LogP contribution in [0.25, 0.3) is 0 Å². The number of carbonyl (C=O) groups is 2. The molecule has 0 N–H and O–H groups in total. The van der Waals surface area contributed by atoms with Crippen molar-refractivity contribution in [2.24, 2.45) is 47.3 Å². The van der Waals surface area contributed by atoms with E-state index in [-0.39, 0.29) is 11.9 Å². The molecule has 8 rings (SSSR count). The van der Waals surface area contributed by atoms with Crippen LogP contribution in [0.4, 0.5) is 0 Å². The van der Waals surface area contributed by atoms with Gasteiger partial charge in [0.25, 0.3) is 0 Å². The lowest BCUT2D eigenvalue weighted by molar-refractivity contribution is -0.141. The van der Waals surface area contributed by atoms with Gasteiger partial charge in [0.2, 0.25) is 0 Å². The molecular formula is C56H96N2O4. The van der Waals surface area contributed by atoms with Gasteiger partial charge in [-0.05, 0) is 214 Å². The highest BCUT2D eigenvalue weighted by Gasteiger charge is 2.43. The highest BCUT2D eigenvalue weighted by Crippen LogP contribution is 2.48. The van der Waals surface area contributed by atoms with Crippen LogP contribution in [0.15, 0.2) is 0 Å². The smallest absolute Gasteiger partial charge is 0.305 e. The zero-order chi connectivity index (χ0) is 42.7. The monoisotopic (exact) mass is 861 g/mol. The van der Waals surface area contributed by atoms with Crippen molar-refractivity contribution in [2.75, 3.05) is 14.2 Å². The number of rotatable bonds is 15. The molecule has 0 bridgehead atoms. The fourth-order valence-electron chi connectivity index (χ4n) is 16.8. The van der Waals surface area contributed by atoms with E-state index in [9.17, 15) is 9.59 Å². The van der Waals surface area contributed by atoms with Gasteiger partial charge in [-0.25, -0.2) is 0 Å². The molecule has 8 fully saturated rings. The lowest BCUT2D eigenvalue weighted by atomic mass is 9.69. The number of ether oxygens (including phenoxy) is 2. The first kappa shape index (κ1) is 47.4. The van der Waals surface area contributed by atoms with Crippen molar-refractivity contribution in [3.63, 3.8) is 0 Å². The van der Waals surface area contributed by atoms with Crippen molar-refractivity contribution in [1.29, 1.82) is 0 Å². The second-order valence-electron chi connectivity index (χ2n) is 23.5. The van der Waals surface area contributed by atoms with Gasteiger partial charge in [0, 0.05) is 49.1 Å². The summed E-state index contributed by atoms with van der Waals surface area (Å²) in [5.41, 5.74) is 0. The molecule has 0 atom stereocenters. The van der Waals surface area contributed by atoms with Crippen molar-refractivity contribution in [2.45, 2.75) is 280 Å². The molecule has 0 aliphatic heterocycles. The predicted octanol–water partition coefficient (Wildman–Crippen LogP) is 14.0. The van der Waals surface area contributed by atoms with E-state index in [1.807, 2.05) is 0 Å². The molecule has 6 heteroatoms. The largest absolute Gasteiger partial charge is 0.469 e. The fraction of sp³-hybridized carbons (Fsp3) is 0.964. The van der Waals surface area contributed by atoms with Gasteiger partial charge in [0.1, 0.15) is 0 Å². The Morgan fingerprint density at radius 2 is 0.548 bits per heavy atom. The number of nitrogens with zero attached hydrogens (tertiary/aromatic N) is 2. The third-order valence-electron chi connectivity index (χ3n) is 20.4. The fourth-order valence-corrected chi connectivity index (χ4v) is 16.8. The number of hydrogen-bond acceptors (Lipinski definition) is 6. The first-order valence-corrected chi connectivity index (χ1v) is 28.1. The molecule has 0 saturated heterocycles. The second-order valence-corrected chi connectivity index (χ2v) is 23.5. The van der Waals surface area contributed by atoms with Gasteiger partial charge in [-0.15, -0.1) is 0 Å². The topological polar surface area (TPSA) is 59.1 Å². The third kappa shape index (κ3) is 12.6. The summed E-state index contributed by atoms with van der Waals surface area (Å²) < 4.78 is 10.0. The Labute approximate surface area is 381 Å². The van der Waals surface area contributed by atoms with Crippen LogP contribution in [-0.4, -0.2) is 72.2 Å². The van der Waals surface area contributed by atoms with Gasteiger partial charge in [-0.2, -0.15) is 0 Å². The zero-order valence-corrected chi connectivity index (χ0v) is 40.5. The molecule has 0 aromatic heterocycles. The van der Waals surface area contributed by atoms with Crippen LogP contribution in [0.5, 0.6) is 0 Å². The Balaban J connectivity index is 0.853. The minimum absolute atomic E-state index is 0.0227. The molecule has 0 aromatic carbocycles. The van der Waals surface area contributed by atoms with Crippen LogP contribution in [0.3, 0.4) is 0 Å². The summed E-state index contributed by atoms with van der Waals surface area (Å²) >= 11 is 0. The van der Waals surface area contributed by atoms with E-state index in [1.54, 1.807) is 14.2 Å². The lowest BCUT2D eigenvalue weighted by Gasteiger charge is -2.52. The Bertz CT molecular complexity index is 1190. The molecule has 354 valence electrons. The standard InChI is InChI=1S/C56H96N2O4/c1-61-55(59)39-17-41-13-27-49(28-14-41)57(51-31-19-45(20-32-51)43-9-5-3-6-10-43)53-35-23-47(24-36-53)48-25-37-54(38-26-48)58(50-29-15-42(16-30-50)18-40-56(60)62-2)52-33-21-46(22-34-52)44-11-7-4-8-12-44/h41-54H,3-40H2,1-2H3. The van der Waals surface area contributed by atoms with Crippen LogP contribution in [0, 0.1) is 47.3 Å². The highest BCUT2D eigenvalue weighted by molar-refractivity contribution is 5.69. The van der Waals surface area contributed by atoms with E-state index in [4.69, 9.17) is 9.47 Å². The van der Waals surface area contributed by atoms with Gasteiger partial charge in [-0.1, -0.05) is 64.2 Å². The quantitative estimate of drug-likeness (QED) is 0.153. The first-order valence-electron chi connectivity index (χ1n) is 28.1. The second kappa shape index (κ2) is 24.1. The summed E-state index contributed by atoms with van der Waals surface area (Å²) in [4.78, 5) is 30.4. The maximum absolute atomic E-state index is 12.0. The number of methoxy groups -OCH3 is 2. The average Bonchev–Trinajstić information content (AvgIpc) is 3.35. The molecule has 8 saturated carbocycles. The Morgan fingerprint density at radius 1 is 0.323 bits per heavy atom. The maximum Gasteiger partial charge on any atom is 0.305 e. The lowest BCUT2D eigenvalue weighted by Crippen LogP contribution is -2.54. The SMILES string of the molecule is COC(=O)CCC1CCC(N(C2CCC(C3CCCCC3)CC2)C2CCC(C3CCC(N(C4CCC(CCC(=O)OC)CC4)C4CCC(C5CCCCC5)CC4)CC3)CC2)CC1. The molecular weight excluding hydrogens is 765 g/mol. The van der Waals surface area contributed by atoms with E-state index in [0.717, 1.165) is 84.6 Å². The van der Waals surface area contributed by atoms with Crippen LogP contribution >= 0.6 is 0 Å². The van der Waals surface area contributed by atoms with Crippen LogP contribution in [0.1, 0.15) is 244 Å². The summed E-state index contributed by atoms with van der Waals surface area (Å²) in [6.45, 7) is 0. The highest BCUT2D eigenvalue weighted by atomic mass is 16.5. The van der Waals surface area contributed by atoms with Crippen molar-refractivity contribution >= 4 is 11.9 Å². The number of esters is 2. The molecule has 0 amide bonds. The molecule has 0 unspecified atom stereocenters. The molecule has 0 heterocycles. The van der Waals surface area contributed by atoms with Gasteiger partial charge >= 0.3 is 11.9 Å². The molecule has 0 spiro atoms. The Hall–Kier alpha value is -1.14. The first-order chi connectivity index (χ1) is 30.4. The maximum atomic E-state index is 12.0. The third-order valence-corrected chi connectivity index (χ3v) is 20.4. The van der Waals surface area contributed by atoms with Crippen molar-refractivity contribution in [3.8, 4) is 0 Å². The molecule has 8 aliphatic carbocycles. The van der Waals surface area contributed by atoms with Crippen molar-refractivity contribution in [3.05, 3.63) is 0 Å². The van der Waals surface area contributed by atoms with E-state index in [0.29, 0.717) is 24.7 Å². The summed E-state index contributed by atoms with van der Waals surface area (Å²) in [7, 11) is 3.09.